The number of nitrogens with one attached hydrogen (secondary N) is 2. The Labute approximate surface area is 173 Å². The van der Waals surface area contributed by atoms with E-state index in [0.717, 1.165) is 24.5 Å². The van der Waals surface area contributed by atoms with Gasteiger partial charge in [0.05, 0.1) is 12.3 Å². The summed E-state index contributed by atoms with van der Waals surface area (Å²) < 4.78 is 5.72. The van der Waals surface area contributed by atoms with E-state index in [9.17, 15) is 9.59 Å². The van der Waals surface area contributed by atoms with Gasteiger partial charge in [-0.2, -0.15) is 0 Å². The lowest BCUT2D eigenvalue weighted by atomic mass is 10.0. The van der Waals surface area contributed by atoms with E-state index in [0.29, 0.717) is 45.1 Å². The number of rotatable bonds is 8. The Balaban J connectivity index is 1.34. The third-order valence-electron chi connectivity index (χ3n) is 5.74. The first-order chi connectivity index (χ1) is 14.2. The van der Waals surface area contributed by atoms with E-state index in [1.54, 1.807) is 0 Å². The van der Waals surface area contributed by atoms with Crippen molar-refractivity contribution >= 4 is 17.6 Å². The molecule has 1 aliphatic heterocycles. The van der Waals surface area contributed by atoms with Crippen molar-refractivity contribution < 1.29 is 14.3 Å². The van der Waals surface area contributed by atoms with Gasteiger partial charge in [0, 0.05) is 45.7 Å². The molecule has 1 aromatic carbocycles. The van der Waals surface area contributed by atoms with E-state index >= 15 is 0 Å². The number of nitrogens with zero attached hydrogens (tertiary/aromatic N) is 2. The van der Waals surface area contributed by atoms with Crippen LogP contribution in [0.15, 0.2) is 24.3 Å². The SMILES string of the molecule is CCOc1ccccc1N1CCN(C(=O)NCCNC(=O)CC2CCCC2)CC1. The normalized spacial score (nSPS) is 17.3. The molecule has 29 heavy (non-hydrogen) atoms. The number of benzene rings is 1. The molecule has 2 fully saturated rings. The van der Waals surface area contributed by atoms with E-state index in [1.165, 1.54) is 25.7 Å². The Hall–Kier alpha value is -2.44. The largest absolute Gasteiger partial charge is 0.492 e. The Morgan fingerprint density at radius 2 is 1.72 bits per heavy atom. The van der Waals surface area contributed by atoms with E-state index in [-0.39, 0.29) is 11.9 Å². The number of anilines is 1. The quantitative estimate of drug-likeness (QED) is 0.656. The van der Waals surface area contributed by atoms with Crippen LogP contribution in [0.1, 0.15) is 39.0 Å². The van der Waals surface area contributed by atoms with Crippen LogP contribution in [0, 0.1) is 5.92 Å². The minimum Gasteiger partial charge on any atom is -0.492 e. The molecule has 1 heterocycles. The van der Waals surface area contributed by atoms with Gasteiger partial charge in [0.2, 0.25) is 5.91 Å². The first kappa shape index (κ1) is 21.3. The number of carbonyl (C=O) groups is 2. The zero-order chi connectivity index (χ0) is 20.5. The summed E-state index contributed by atoms with van der Waals surface area (Å²) >= 11 is 0. The topological polar surface area (TPSA) is 73.9 Å². The third-order valence-corrected chi connectivity index (χ3v) is 5.74. The van der Waals surface area contributed by atoms with Crippen LogP contribution >= 0.6 is 0 Å². The van der Waals surface area contributed by atoms with Gasteiger partial charge in [-0.25, -0.2) is 4.79 Å². The van der Waals surface area contributed by atoms with E-state index in [1.807, 2.05) is 30.0 Å². The molecule has 0 bridgehead atoms. The number of amides is 3. The fourth-order valence-electron chi connectivity index (χ4n) is 4.18. The van der Waals surface area contributed by atoms with Crippen LogP contribution in [0.3, 0.4) is 0 Å². The lowest BCUT2D eigenvalue weighted by Crippen LogP contribution is -2.52. The highest BCUT2D eigenvalue weighted by atomic mass is 16.5. The molecular formula is C22H34N4O3. The van der Waals surface area contributed by atoms with Gasteiger partial charge in [-0.1, -0.05) is 25.0 Å². The molecule has 3 rings (SSSR count). The van der Waals surface area contributed by atoms with E-state index in [2.05, 4.69) is 21.6 Å². The zero-order valence-corrected chi connectivity index (χ0v) is 17.5. The van der Waals surface area contributed by atoms with Gasteiger partial charge in [-0.15, -0.1) is 0 Å². The molecule has 7 heteroatoms. The molecule has 0 spiro atoms. The molecule has 2 N–H and O–H groups in total. The smallest absolute Gasteiger partial charge is 0.317 e. The van der Waals surface area contributed by atoms with Gasteiger partial charge >= 0.3 is 6.03 Å². The predicted octanol–water partition coefficient (Wildman–Crippen LogP) is 2.61. The number of ether oxygens (including phenoxy) is 1. The van der Waals surface area contributed by atoms with Crippen molar-refractivity contribution in [3.05, 3.63) is 24.3 Å². The number of hydrogen-bond donors (Lipinski definition) is 2. The average molecular weight is 403 g/mol. The Kier molecular flexibility index (Phi) is 8.02. The van der Waals surface area contributed by atoms with Gasteiger partial charge in [-0.05, 0) is 37.8 Å². The molecule has 0 atom stereocenters. The number of piperazine rings is 1. The highest BCUT2D eigenvalue weighted by Gasteiger charge is 2.23. The molecule has 2 aliphatic rings. The molecule has 0 aromatic heterocycles. The van der Waals surface area contributed by atoms with Crippen molar-refractivity contribution in [3.63, 3.8) is 0 Å². The summed E-state index contributed by atoms with van der Waals surface area (Å²) in [6, 6.07) is 7.98. The second-order valence-corrected chi connectivity index (χ2v) is 7.81. The summed E-state index contributed by atoms with van der Waals surface area (Å²) in [6.45, 7) is 6.44. The second kappa shape index (κ2) is 10.9. The molecule has 1 saturated carbocycles. The maximum Gasteiger partial charge on any atom is 0.317 e. The minimum absolute atomic E-state index is 0.0622. The van der Waals surface area contributed by atoms with Crippen molar-refractivity contribution in [2.45, 2.75) is 39.0 Å². The number of para-hydroxylation sites is 2. The Morgan fingerprint density at radius 3 is 2.45 bits per heavy atom. The Bertz CT molecular complexity index is 668. The molecule has 160 valence electrons. The first-order valence-corrected chi connectivity index (χ1v) is 10.9. The molecule has 1 saturated heterocycles. The van der Waals surface area contributed by atoms with Crippen molar-refractivity contribution in [2.75, 3.05) is 50.8 Å². The molecule has 1 aliphatic carbocycles. The molecule has 3 amide bonds. The van der Waals surface area contributed by atoms with Gasteiger partial charge in [0.25, 0.3) is 0 Å². The van der Waals surface area contributed by atoms with Gasteiger partial charge in [0.15, 0.2) is 0 Å². The summed E-state index contributed by atoms with van der Waals surface area (Å²) in [6.07, 6.45) is 5.46. The highest BCUT2D eigenvalue weighted by molar-refractivity contribution is 5.77. The number of urea groups is 1. The van der Waals surface area contributed by atoms with Crippen molar-refractivity contribution in [3.8, 4) is 5.75 Å². The molecular weight excluding hydrogens is 368 g/mol. The number of carbonyl (C=O) groups excluding carboxylic acids is 2. The summed E-state index contributed by atoms with van der Waals surface area (Å²) in [5, 5.41) is 5.84. The van der Waals surface area contributed by atoms with Crippen LogP contribution in [0.2, 0.25) is 0 Å². The third kappa shape index (κ3) is 6.27. The lowest BCUT2D eigenvalue weighted by molar-refractivity contribution is -0.121. The van der Waals surface area contributed by atoms with Crippen molar-refractivity contribution in [1.29, 1.82) is 0 Å². The summed E-state index contributed by atoms with van der Waals surface area (Å²) in [5.74, 6) is 1.54. The molecule has 1 aromatic rings. The van der Waals surface area contributed by atoms with Crippen molar-refractivity contribution in [2.24, 2.45) is 5.92 Å². The van der Waals surface area contributed by atoms with Gasteiger partial charge in [0.1, 0.15) is 5.75 Å². The van der Waals surface area contributed by atoms with Crippen LogP contribution < -0.4 is 20.3 Å². The van der Waals surface area contributed by atoms with Gasteiger partial charge < -0.3 is 25.2 Å². The maximum absolute atomic E-state index is 12.4. The van der Waals surface area contributed by atoms with Crippen LogP contribution in [0.25, 0.3) is 0 Å². The summed E-state index contributed by atoms with van der Waals surface area (Å²) in [7, 11) is 0. The van der Waals surface area contributed by atoms with Crippen LogP contribution in [0.4, 0.5) is 10.5 Å². The zero-order valence-electron chi connectivity index (χ0n) is 17.5. The minimum atomic E-state index is -0.0622. The Morgan fingerprint density at radius 1 is 1.03 bits per heavy atom. The highest BCUT2D eigenvalue weighted by Crippen LogP contribution is 2.29. The molecule has 0 unspecified atom stereocenters. The van der Waals surface area contributed by atoms with Crippen LogP contribution in [0.5, 0.6) is 5.75 Å². The summed E-state index contributed by atoms with van der Waals surface area (Å²) in [5.41, 5.74) is 1.08. The maximum atomic E-state index is 12.4. The standard InChI is InChI=1S/C22H34N4O3/c1-2-29-20-10-6-5-9-19(20)25-13-15-26(16-14-25)22(28)24-12-11-23-21(27)17-18-7-3-4-8-18/h5-6,9-10,18H,2-4,7-8,11-17H2,1H3,(H,23,27)(H,24,28). The fraction of sp³-hybridized carbons (Fsp3) is 0.636. The monoisotopic (exact) mass is 402 g/mol. The van der Waals surface area contributed by atoms with Crippen molar-refractivity contribution in [1.82, 2.24) is 15.5 Å². The van der Waals surface area contributed by atoms with Crippen LogP contribution in [-0.4, -0.2) is 62.7 Å². The second-order valence-electron chi connectivity index (χ2n) is 7.81. The molecule has 7 nitrogen and oxygen atoms in total. The summed E-state index contributed by atoms with van der Waals surface area (Å²) in [4.78, 5) is 28.4. The average Bonchev–Trinajstić information content (AvgIpc) is 3.25. The van der Waals surface area contributed by atoms with E-state index < -0.39 is 0 Å². The molecule has 0 radical (unpaired) electrons. The fourth-order valence-corrected chi connectivity index (χ4v) is 4.18. The van der Waals surface area contributed by atoms with Gasteiger partial charge in [-0.3, -0.25) is 4.79 Å². The first-order valence-electron chi connectivity index (χ1n) is 10.9. The predicted molar refractivity (Wildman–Crippen MR) is 114 cm³/mol. The van der Waals surface area contributed by atoms with E-state index in [4.69, 9.17) is 4.74 Å². The lowest BCUT2D eigenvalue weighted by Gasteiger charge is -2.36. The number of hydrogen-bond acceptors (Lipinski definition) is 4. The van der Waals surface area contributed by atoms with Crippen LogP contribution in [-0.2, 0) is 4.79 Å².